The maximum absolute atomic E-state index is 6.78. The van der Waals surface area contributed by atoms with Crippen molar-refractivity contribution in [2.45, 2.75) is 69.0 Å². The standard InChI is InChI=1S/C24H24ClN5S/c1-12-26-23(17-4-5-31-24(17)27-12)20-9-18(20)19-6-13-11-30(29-22(13)10-21(19)25)16-7-14-2-3-15(8-16)28-14/h4-6,10-11,14-16,18,20,28H,2-3,7-9H2,1H3. The minimum atomic E-state index is 0.420. The molecule has 5 heterocycles. The van der Waals surface area contributed by atoms with Crippen molar-refractivity contribution >= 4 is 44.1 Å². The fourth-order valence-corrected chi connectivity index (χ4v) is 7.03. The average molecular weight is 450 g/mol. The molecule has 0 amide bonds. The Bertz CT molecular complexity index is 1310. The van der Waals surface area contributed by atoms with Crippen LogP contribution in [0, 0.1) is 6.92 Å². The average Bonchev–Trinajstić information content (AvgIpc) is 3.05. The van der Waals surface area contributed by atoms with E-state index in [9.17, 15) is 0 Å². The van der Waals surface area contributed by atoms with Crippen LogP contribution in [0.3, 0.4) is 0 Å². The SMILES string of the molecule is Cc1nc(C2CC2c2cc3cn(C4CC5CCC(C4)N5)nc3cc2Cl)c2ccsc2n1. The summed E-state index contributed by atoms with van der Waals surface area (Å²) in [5.41, 5.74) is 3.43. The first-order chi connectivity index (χ1) is 15.1. The lowest BCUT2D eigenvalue weighted by atomic mass is 10.0. The third kappa shape index (κ3) is 3.03. The van der Waals surface area contributed by atoms with Crippen LogP contribution in [-0.2, 0) is 0 Å². The highest BCUT2D eigenvalue weighted by Gasteiger charge is 2.43. The van der Waals surface area contributed by atoms with E-state index in [0.29, 0.717) is 30.0 Å². The lowest BCUT2D eigenvalue weighted by Crippen LogP contribution is -2.38. The van der Waals surface area contributed by atoms with Gasteiger partial charge in [0.2, 0.25) is 0 Å². The Morgan fingerprint density at radius 3 is 2.77 bits per heavy atom. The number of hydrogen-bond donors (Lipinski definition) is 1. The normalized spacial score (nSPS) is 29.8. The van der Waals surface area contributed by atoms with E-state index in [1.165, 1.54) is 47.7 Å². The van der Waals surface area contributed by atoms with Gasteiger partial charge in [-0.15, -0.1) is 11.3 Å². The fraction of sp³-hybridized carbons (Fsp3) is 0.458. The molecule has 4 aromatic rings. The van der Waals surface area contributed by atoms with E-state index in [1.807, 2.05) is 6.92 Å². The van der Waals surface area contributed by atoms with Crippen LogP contribution in [0.15, 0.2) is 29.8 Å². The van der Waals surface area contributed by atoms with E-state index >= 15 is 0 Å². The van der Waals surface area contributed by atoms with Crippen molar-refractivity contribution in [1.82, 2.24) is 25.1 Å². The highest BCUT2D eigenvalue weighted by molar-refractivity contribution is 7.16. The number of fused-ring (bicyclic) bond motifs is 4. The van der Waals surface area contributed by atoms with E-state index < -0.39 is 0 Å². The van der Waals surface area contributed by atoms with Gasteiger partial charge in [0, 0.05) is 40.0 Å². The second-order valence-electron chi connectivity index (χ2n) is 9.55. The van der Waals surface area contributed by atoms with Gasteiger partial charge in [-0.05, 0) is 74.1 Å². The summed E-state index contributed by atoms with van der Waals surface area (Å²) in [7, 11) is 0. The molecule has 3 aromatic heterocycles. The minimum Gasteiger partial charge on any atom is -0.311 e. The number of nitrogens with one attached hydrogen (secondary N) is 1. The number of aryl methyl sites for hydroxylation is 1. The lowest BCUT2D eigenvalue weighted by molar-refractivity contribution is 0.283. The van der Waals surface area contributed by atoms with Crippen LogP contribution in [0.25, 0.3) is 21.1 Å². The van der Waals surface area contributed by atoms with Gasteiger partial charge in [-0.1, -0.05) is 11.6 Å². The van der Waals surface area contributed by atoms with Crippen molar-refractivity contribution in [3.8, 4) is 0 Å². The van der Waals surface area contributed by atoms with Crippen LogP contribution in [0.1, 0.15) is 67.1 Å². The summed E-state index contributed by atoms with van der Waals surface area (Å²) in [6.45, 7) is 1.99. The summed E-state index contributed by atoms with van der Waals surface area (Å²) in [5.74, 6) is 1.70. The van der Waals surface area contributed by atoms with Crippen molar-refractivity contribution < 1.29 is 0 Å². The van der Waals surface area contributed by atoms with Crippen molar-refractivity contribution in [2.75, 3.05) is 0 Å². The van der Waals surface area contributed by atoms with E-state index in [0.717, 1.165) is 27.6 Å². The van der Waals surface area contributed by atoms with E-state index in [1.54, 1.807) is 11.3 Å². The molecule has 3 fully saturated rings. The van der Waals surface area contributed by atoms with Gasteiger partial charge in [0.1, 0.15) is 10.7 Å². The Balaban J connectivity index is 1.22. The predicted octanol–water partition coefficient (Wildman–Crippen LogP) is 5.73. The third-order valence-electron chi connectivity index (χ3n) is 7.47. The van der Waals surface area contributed by atoms with Crippen molar-refractivity contribution in [2.24, 2.45) is 0 Å². The molecular formula is C24H24ClN5S. The molecule has 1 saturated carbocycles. The number of benzene rings is 1. The zero-order valence-corrected chi connectivity index (χ0v) is 19.0. The summed E-state index contributed by atoms with van der Waals surface area (Å²) in [6.07, 6.45) is 8.31. The van der Waals surface area contributed by atoms with E-state index in [-0.39, 0.29) is 0 Å². The number of hydrogen-bond acceptors (Lipinski definition) is 5. The summed E-state index contributed by atoms with van der Waals surface area (Å²) >= 11 is 8.47. The Kier molecular flexibility index (Phi) is 4.03. The van der Waals surface area contributed by atoms with Gasteiger partial charge in [0.05, 0.1) is 17.3 Å². The Hall–Kier alpha value is -2.02. The highest BCUT2D eigenvalue weighted by Crippen LogP contribution is 2.57. The highest BCUT2D eigenvalue weighted by atomic mass is 35.5. The molecule has 7 rings (SSSR count). The molecule has 1 aromatic carbocycles. The molecule has 2 aliphatic heterocycles. The maximum Gasteiger partial charge on any atom is 0.127 e. The van der Waals surface area contributed by atoms with Crippen LogP contribution in [0.5, 0.6) is 0 Å². The largest absolute Gasteiger partial charge is 0.311 e. The maximum atomic E-state index is 6.78. The molecule has 2 bridgehead atoms. The van der Waals surface area contributed by atoms with Crippen molar-refractivity contribution in [1.29, 1.82) is 0 Å². The van der Waals surface area contributed by atoms with Crippen LogP contribution in [0.4, 0.5) is 0 Å². The molecule has 0 spiro atoms. The number of thiophene rings is 1. The molecule has 3 aliphatic rings. The molecule has 1 N–H and O–H groups in total. The molecule has 4 unspecified atom stereocenters. The van der Waals surface area contributed by atoms with Gasteiger partial charge in [0.15, 0.2) is 0 Å². The van der Waals surface area contributed by atoms with Crippen molar-refractivity contribution in [3.63, 3.8) is 0 Å². The molecule has 0 radical (unpaired) electrons. The first-order valence-electron chi connectivity index (χ1n) is 11.3. The van der Waals surface area contributed by atoms with Crippen LogP contribution < -0.4 is 5.32 Å². The van der Waals surface area contributed by atoms with Gasteiger partial charge < -0.3 is 5.32 Å². The second-order valence-corrected chi connectivity index (χ2v) is 10.9. The predicted molar refractivity (Wildman–Crippen MR) is 125 cm³/mol. The van der Waals surface area contributed by atoms with Gasteiger partial charge in [-0.2, -0.15) is 5.10 Å². The second kappa shape index (κ2) is 6.74. The molecule has 5 nitrogen and oxygen atoms in total. The fourth-order valence-electron chi connectivity index (χ4n) is 5.91. The molecular weight excluding hydrogens is 426 g/mol. The summed E-state index contributed by atoms with van der Waals surface area (Å²) in [4.78, 5) is 10.5. The first-order valence-corrected chi connectivity index (χ1v) is 12.5. The molecule has 4 atom stereocenters. The van der Waals surface area contributed by atoms with Crippen LogP contribution >= 0.6 is 22.9 Å². The molecule has 7 heteroatoms. The summed E-state index contributed by atoms with van der Waals surface area (Å²) in [6, 6.07) is 8.32. The van der Waals surface area contributed by atoms with Crippen molar-refractivity contribution in [3.05, 3.63) is 51.9 Å². The topological polar surface area (TPSA) is 55.6 Å². The number of nitrogens with zero attached hydrogens (tertiary/aromatic N) is 4. The van der Waals surface area contributed by atoms with E-state index in [2.05, 4.69) is 44.8 Å². The Labute approximate surface area is 189 Å². The van der Waals surface area contributed by atoms with Gasteiger partial charge in [0.25, 0.3) is 0 Å². The number of piperidine rings is 1. The monoisotopic (exact) mass is 449 g/mol. The minimum absolute atomic E-state index is 0.420. The van der Waals surface area contributed by atoms with Gasteiger partial charge in [-0.25, -0.2) is 9.97 Å². The lowest BCUT2D eigenvalue weighted by Gasteiger charge is -2.29. The van der Waals surface area contributed by atoms with Gasteiger partial charge >= 0.3 is 0 Å². The molecule has 158 valence electrons. The smallest absolute Gasteiger partial charge is 0.127 e. The first kappa shape index (κ1) is 18.5. The van der Waals surface area contributed by atoms with Crippen LogP contribution in [-0.4, -0.2) is 31.8 Å². The van der Waals surface area contributed by atoms with Gasteiger partial charge in [-0.3, -0.25) is 4.68 Å². The van der Waals surface area contributed by atoms with Crippen LogP contribution in [0.2, 0.25) is 5.02 Å². The summed E-state index contributed by atoms with van der Waals surface area (Å²) < 4.78 is 2.21. The third-order valence-corrected chi connectivity index (χ3v) is 8.60. The molecule has 31 heavy (non-hydrogen) atoms. The molecule has 2 saturated heterocycles. The molecule has 1 aliphatic carbocycles. The summed E-state index contributed by atoms with van der Waals surface area (Å²) in [5, 5.41) is 14.0. The number of aromatic nitrogens is 4. The quantitative estimate of drug-likeness (QED) is 0.434. The van der Waals surface area contributed by atoms with E-state index in [4.69, 9.17) is 21.7 Å². The zero-order chi connectivity index (χ0) is 20.7. The Morgan fingerprint density at radius 2 is 1.94 bits per heavy atom. The Morgan fingerprint density at radius 1 is 1.10 bits per heavy atom. The number of rotatable bonds is 3. The zero-order valence-electron chi connectivity index (χ0n) is 17.4. The number of halogens is 1.